The molecule has 2 aromatic rings. The van der Waals surface area contributed by atoms with Crippen LogP contribution in [-0.2, 0) is 16.0 Å². The van der Waals surface area contributed by atoms with Gasteiger partial charge >= 0.3 is 12.3 Å². The molecule has 0 bridgehead atoms. The molecule has 0 saturated heterocycles. The summed E-state index contributed by atoms with van der Waals surface area (Å²) in [6.07, 6.45) is -4.90. The van der Waals surface area contributed by atoms with E-state index in [2.05, 4.69) is 26.0 Å². The molecule has 2 aromatic heterocycles. The third-order valence-corrected chi connectivity index (χ3v) is 4.88. The maximum absolute atomic E-state index is 12.4. The summed E-state index contributed by atoms with van der Waals surface area (Å²) in [4.78, 5) is 23.9. The fourth-order valence-corrected chi connectivity index (χ4v) is 3.57. The number of aryl methyl sites for hydroxylation is 1. The molecular weight excluding hydrogens is 419 g/mol. The van der Waals surface area contributed by atoms with Crippen molar-refractivity contribution < 1.29 is 32.0 Å². The van der Waals surface area contributed by atoms with Crippen molar-refractivity contribution in [1.82, 2.24) is 20.7 Å². The zero-order chi connectivity index (χ0) is 22.6. The normalized spacial score (nSPS) is 19.8. The Morgan fingerprint density at radius 3 is 2.81 bits per heavy atom. The lowest BCUT2D eigenvalue weighted by Gasteiger charge is -2.18. The largest absolute Gasteiger partial charge is 0.446 e. The third-order valence-electron chi connectivity index (χ3n) is 4.88. The number of carbonyl (C=O) groups excluding carboxylic acids is 2. The van der Waals surface area contributed by atoms with Crippen LogP contribution in [0, 0.1) is 6.92 Å². The highest BCUT2D eigenvalue weighted by Crippen LogP contribution is 2.36. The summed E-state index contributed by atoms with van der Waals surface area (Å²) in [6, 6.07) is 2.32. The number of alkyl carbamates (subject to hydrolysis) is 1. The number of H-pyrrole nitrogens is 1. The Labute approximate surface area is 176 Å². The molecule has 3 atom stereocenters. The second kappa shape index (κ2) is 9.40. The molecule has 1 aliphatic rings. The zero-order valence-corrected chi connectivity index (χ0v) is 17.1. The Hall–Kier alpha value is -3.05. The average molecular weight is 443 g/mol. The summed E-state index contributed by atoms with van der Waals surface area (Å²) in [5.74, 6) is 0.538. The maximum atomic E-state index is 12.4. The number of carbonyl (C=O) groups is 2. The quantitative estimate of drug-likeness (QED) is 0.601. The number of anilines is 1. The van der Waals surface area contributed by atoms with Crippen LogP contribution in [0.25, 0.3) is 0 Å². The molecule has 9 nitrogen and oxygen atoms in total. The van der Waals surface area contributed by atoms with E-state index in [1.807, 2.05) is 0 Å². The van der Waals surface area contributed by atoms with Crippen molar-refractivity contribution >= 4 is 17.8 Å². The van der Waals surface area contributed by atoms with Gasteiger partial charge in [0.2, 0.25) is 5.91 Å². The Morgan fingerprint density at radius 1 is 1.35 bits per heavy atom. The highest BCUT2D eigenvalue weighted by Gasteiger charge is 2.33. The van der Waals surface area contributed by atoms with Gasteiger partial charge in [-0.25, -0.2) is 4.79 Å². The Morgan fingerprint density at radius 2 is 2.13 bits per heavy atom. The summed E-state index contributed by atoms with van der Waals surface area (Å²) in [5, 5.41) is 15.5. The zero-order valence-electron chi connectivity index (χ0n) is 17.1. The number of hydrogen-bond donors (Lipinski definition) is 3. The number of rotatable bonds is 7. The number of amides is 2. The summed E-state index contributed by atoms with van der Waals surface area (Å²) >= 11 is 0. The lowest BCUT2D eigenvalue weighted by atomic mass is 10.0. The highest BCUT2D eigenvalue weighted by atomic mass is 19.4. The summed E-state index contributed by atoms with van der Waals surface area (Å²) < 4.78 is 47.3. The summed E-state index contributed by atoms with van der Waals surface area (Å²) in [5.41, 5.74) is 1.47. The summed E-state index contributed by atoms with van der Waals surface area (Å²) in [6.45, 7) is 3.03. The second-order valence-electron chi connectivity index (χ2n) is 7.77. The molecule has 0 aliphatic heterocycles. The number of hydrogen-bond acceptors (Lipinski definition) is 6. The van der Waals surface area contributed by atoms with Gasteiger partial charge in [0.15, 0.2) is 5.82 Å². The minimum Gasteiger partial charge on any atom is -0.446 e. The van der Waals surface area contributed by atoms with E-state index >= 15 is 0 Å². The van der Waals surface area contributed by atoms with Crippen molar-refractivity contribution in [2.24, 2.45) is 0 Å². The number of alkyl halides is 3. The molecule has 3 rings (SSSR count). The molecule has 0 radical (unpaired) electrons. The standard InChI is InChI=1S/C19H24F3N5O4/c1-10-5-14(31-27-10)7-17(28)24-16-8-15(25-26-16)12-3-4-13(6-12)30-18(29)23-11(2)9-19(20,21)22/h5,8,11-13H,3-4,6-7,9H2,1-2H3,(H,23,29)(H2,24,25,26,28)/t11?,12-,13+/m0/s1. The van der Waals surface area contributed by atoms with Gasteiger partial charge in [0.05, 0.1) is 18.5 Å². The third kappa shape index (κ3) is 7.00. The number of nitrogens with zero attached hydrogens (tertiary/aromatic N) is 2. The number of aromatic amines is 1. The molecule has 1 aliphatic carbocycles. The van der Waals surface area contributed by atoms with E-state index in [1.165, 1.54) is 6.92 Å². The topological polar surface area (TPSA) is 122 Å². The molecule has 1 saturated carbocycles. The van der Waals surface area contributed by atoms with Crippen LogP contribution < -0.4 is 10.6 Å². The first-order valence-electron chi connectivity index (χ1n) is 9.88. The molecule has 31 heavy (non-hydrogen) atoms. The van der Waals surface area contributed by atoms with Gasteiger partial charge in [0, 0.05) is 29.8 Å². The fraction of sp³-hybridized carbons (Fsp3) is 0.579. The van der Waals surface area contributed by atoms with Crippen molar-refractivity contribution in [3.8, 4) is 0 Å². The van der Waals surface area contributed by atoms with Gasteiger partial charge in [0.1, 0.15) is 11.9 Å². The Balaban J connectivity index is 1.44. The lowest BCUT2D eigenvalue weighted by Crippen LogP contribution is -2.37. The average Bonchev–Trinajstić information content (AvgIpc) is 3.34. The molecule has 2 amide bonds. The van der Waals surface area contributed by atoms with E-state index in [0.29, 0.717) is 36.5 Å². The monoisotopic (exact) mass is 443 g/mol. The molecule has 12 heteroatoms. The second-order valence-corrected chi connectivity index (χ2v) is 7.77. The van der Waals surface area contributed by atoms with Crippen molar-refractivity contribution in [2.45, 2.75) is 70.2 Å². The number of ether oxygens (including phenoxy) is 1. The molecular formula is C19H24F3N5O4. The van der Waals surface area contributed by atoms with Gasteiger partial charge in [-0.1, -0.05) is 5.16 Å². The molecule has 2 heterocycles. The fourth-order valence-electron chi connectivity index (χ4n) is 3.57. The number of aromatic nitrogens is 3. The smallest absolute Gasteiger partial charge is 0.407 e. The minimum absolute atomic E-state index is 0.0282. The van der Waals surface area contributed by atoms with E-state index in [1.54, 1.807) is 19.1 Å². The Bertz CT molecular complexity index is 910. The van der Waals surface area contributed by atoms with Gasteiger partial charge in [0.25, 0.3) is 0 Å². The van der Waals surface area contributed by atoms with Crippen molar-refractivity contribution in [2.75, 3.05) is 5.32 Å². The van der Waals surface area contributed by atoms with Crippen LogP contribution in [0.1, 0.15) is 55.7 Å². The molecule has 3 N–H and O–H groups in total. The first-order chi connectivity index (χ1) is 14.6. The number of nitrogens with one attached hydrogen (secondary N) is 3. The van der Waals surface area contributed by atoms with Gasteiger partial charge in [-0.2, -0.15) is 18.3 Å². The van der Waals surface area contributed by atoms with Crippen LogP contribution in [0.15, 0.2) is 16.7 Å². The first-order valence-corrected chi connectivity index (χ1v) is 9.88. The van der Waals surface area contributed by atoms with Gasteiger partial charge in [-0.3, -0.25) is 9.89 Å². The van der Waals surface area contributed by atoms with Crippen LogP contribution in [-0.4, -0.2) is 45.7 Å². The minimum atomic E-state index is -4.35. The van der Waals surface area contributed by atoms with Crippen LogP contribution >= 0.6 is 0 Å². The summed E-state index contributed by atoms with van der Waals surface area (Å²) in [7, 11) is 0. The lowest BCUT2D eigenvalue weighted by molar-refractivity contribution is -0.138. The predicted octanol–water partition coefficient (Wildman–Crippen LogP) is 3.59. The van der Waals surface area contributed by atoms with E-state index < -0.39 is 30.8 Å². The number of halogens is 3. The van der Waals surface area contributed by atoms with E-state index in [0.717, 1.165) is 5.69 Å². The molecule has 1 unspecified atom stereocenters. The van der Waals surface area contributed by atoms with Crippen molar-refractivity contribution in [3.63, 3.8) is 0 Å². The van der Waals surface area contributed by atoms with Crippen LogP contribution in [0.2, 0.25) is 0 Å². The molecule has 1 fully saturated rings. The van der Waals surface area contributed by atoms with Crippen LogP contribution in [0.4, 0.5) is 23.8 Å². The van der Waals surface area contributed by atoms with E-state index in [-0.39, 0.29) is 18.2 Å². The van der Waals surface area contributed by atoms with Gasteiger partial charge < -0.3 is 19.9 Å². The van der Waals surface area contributed by atoms with E-state index in [4.69, 9.17) is 9.26 Å². The van der Waals surface area contributed by atoms with Crippen molar-refractivity contribution in [3.05, 3.63) is 29.3 Å². The van der Waals surface area contributed by atoms with Crippen LogP contribution in [0.5, 0.6) is 0 Å². The van der Waals surface area contributed by atoms with Gasteiger partial charge in [-0.05, 0) is 33.1 Å². The first kappa shape index (κ1) is 22.6. The molecule has 170 valence electrons. The maximum Gasteiger partial charge on any atom is 0.407 e. The predicted molar refractivity (Wildman–Crippen MR) is 102 cm³/mol. The van der Waals surface area contributed by atoms with Crippen LogP contribution in [0.3, 0.4) is 0 Å². The van der Waals surface area contributed by atoms with Crippen molar-refractivity contribution in [1.29, 1.82) is 0 Å². The SMILES string of the molecule is Cc1cc(CC(=O)Nc2cc([C@H]3CC[C@@H](OC(=O)NC(C)CC(F)(F)F)C3)[nH]n2)on1. The molecule has 0 aromatic carbocycles. The van der Waals surface area contributed by atoms with Gasteiger partial charge in [-0.15, -0.1) is 0 Å². The highest BCUT2D eigenvalue weighted by molar-refractivity contribution is 5.91. The Kier molecular flexibility index (Phi) is 6.86. The van der Waals surface area contributed by atoms with E-state index in [9.17, 15) is 22.8 Å². The molecule has 0 spiro atoms.